The maximum atomic E-state index is 11.4. The Morgan fingerprint density at radius 3 is 2.14 bits per heavy atom. The van der Waals surface area contributed by atoms with Crippen LogP contribution in [0.5, 0.6) is 11.5 Å². The number of hydrogen-bond donors (Lipinski definition) is 2. The molecule has 1 heterocycles. The molecule has 0 amide bonds. The summed E-state index contributed by atoms with van der Waals surface area (Å²) in [6, 6.07) is 22.4. The lowest BCUT2D eigenvalue weighted by Crippen LogP contribution is -2.04. The van der Waals surface area contributed by atoms with Crippen molar-refractivity contribution in [3.63, 3.8) is 0 Å². The minimum absolute atomic E-state index is 0.0499. The van der Waals surface area contributed by atoms with E-state index in [1.54, 1.807) is 22.8 Å². The number of unbranched alkanes of at least 4 members (excludes halogenated alkanes) is 1. The molecule has 0 atom stereocenters. The van der Waals surface area contributed by atoms with E-state index in [4.69, 9.17) is 14.6 Å². The molecule has 0 aliphatic rings. The zero-order valence-corrected chi connectivity index (χ0v) is 20.4. The van der Waals surface area contributed by atoms with E-state index in [2.05, 4.69) is 0 Å². The van der Waals surface area contributed by atoms with Crippen molar-refractivity contribution in [3.05, 3.63) is 95.7 Å². The lowest BCUT2D eigenvalue weighted by molar-refractivity contribution is -0.137. The number of fused-ring (bicyclic) bond motifs is 1. The van der Waals surface area contributed by atoms with Crippen molar-refractivity contribution in [1.82, 2.24) is 4.57 Å². The highest BCUT2D eigenvalue weighted by Crippen LogP contribution is 2.26. The molecule has 37 heavy (non-hydrogen) atoms. The summed E-state index contributed by atoms with van der Waals surface area (Å²) in [7, 11) is 0. The van der Waals surface area contributed by atoms with Crippen molar-refractivity contribution in [1.29, 1.82) is 0 Å². The van der Waals surface area contributed by atoms with Crippen LogP contribution in [-0.2, 0) is 11.3 Å². The predicted octanol–water partition coefficient (Wildman–Crippen LogP) is 6.22. The Morgan fingerprint density at radius 2 is 1.49 bits per heavy atom. The van der Waals surface area contributed by atoms with Gasteiger partial charge in [-0.05, 0) is 60.4 Å². The molecule has 0 saturated heterocycles. The van der Waals surface area contributed by atoms with Gasteiger partial charge in [0.15, 0.2) is 0 Å². The molecular formula is C30H29NO6. The van der Waals surface area contributed by atoms with Crippen LogP contribution in [0, 0.1) is 0 Å². The smallest absolute Gasteiger partial charge is 0.335 e. The van der Waals surface area contributed by atoms with Gasteiger partial charge in [0.25, 0.3) is 0 Å². The summed E-state index contributed by atoms with van der Waals surface area (Å²) in [6.07, 6.45) is 7.52. The summed E-state index contributed by atoms with van der Waals surface area (Å²) in [5, 5.41) is 19.3. The van der Waals surface area contributed by atoms with Crippen LogP contribution in [0.3, 0.4) is 0 Å². The molecule has 0 spiro atoms. The predicted molar refractivity (Wildman–Crippen MR) is 143 cm³/mol. The second-order valence-corrected chi connectivity index (χ2v) is 8.58. The summed E-state index contributed by atoms with van der Waals surface area (Å²) in [4.78, 5) is 22.5. The Bertz CT molecular complexity index is 1370. The minimum atomic E-state index is -1.02. The van der Waals surface area contributed by atoms with Crippen LogP contribution >= 0.6 is 0 Å². The third-order valence-corrected chi connectivity index (χ3v) is 5.88. The van der Waals surface area contributed by atoms with E-state index in [9.17, 15) is 14.7 Å². The summed E-state index contributed by atoms with van der Waals surface area (Å²) in [5.74, 6) is -0.251. The van der Waals surface area contributed by atoms with Crippen LogP contribution < -0.4 is 9.47 Å². The number of aliphatic carboxylic acids is 1. The Labute approximate surface area is 215 Å². The first kappa shape index (κ1) is 25.6. The average Bonchev–Trinajstić information content (AvgIpc) is 3.26. The maximum absolute atomic E-state index is 11.4. The third-order valence-electron chi connectivity index (χ3n) is 5.88. The number of aromatic nitrogens is 1. The molecule has 0 radical (unpaired) electrons. The number of carbonyl (C=O) groups is 2. The number of para-hydroxylation sites is 1. The molecule has 1 aromatic heterocycles. The third kappa shape index (κ3) is 7.24. The number of benzene rings is 3. The van der Waals surface area contributed by atoms with Crippen LogP contribution in [0.25, 0.3) is 23.1 Å². The van der Waals surface area contributed by atoms with Gasteiger partial charge in [-0.15, -0.1) is 0 Å². The van der Waals surface area contributed by atoms with Gasteiger partial charge in [0.1, 0.15) is 11.5 Å². The zero-order chi connectivity index (χ0) is 26.0. The quantitative estimate of drug-likeness (QED) is 0.212. The number of hydrogen-bond acceptors (Lipinski definition) is 4. The van der Waals surface area contributed by atoms with Crippen LogP contribution in [-0.4, -0.2) is 39.9 Å². The highest BCUT2D eigenvalue weighted by atomic mass is 16.5. The summed E-state index contributed by atoms with van der Waals surface area (Å²) in [6.45, 7) is 1.52. The monoisotopic (exact) mass is 499 g/mol. The highest BCUT2D eigenvalue weighted by Gasteiger charge is 2.11. The van der Waals surface area contributed by atoms with Gasteiger partial charge < -0.3 is 24.3 Å². The molecule has 190 valence electrons. The van der Waals surface area contributed by atoms with E-state index in [-0.39, 0.29) is 18.5 Å². The molecule has 2 N–H and O–H groups in total. The summed E-state index contributed by atoms with van der Waals surface area (Å²) >= 11 is 0. The van der Waals surface area contributed by atoms with Gasteiger partial charge in [-0.1, -0.05) is 48.6 Å². The molecule has 0 unspecified atom stereocenters. The molecule has 4 rings (SSSR count). The maximum Gasteiger partial charge on any atom is 0.335 e. The van der Waals surface area contributed by atoms with Gasteiger partial charge >= 0.3 is 11.9 Å². The Morgan fingerprint density at radius 1 is 0.811 bits per heavy atom. The number of ether oxygens (including phenoxy) is 2. The number of aryl methyl sites for hydroxylation is 1. The van der Waals surface area contributed by atoms with E-state index in [1.807, 2.05) is 72.9 Å². The molecule has 0 aliphatic carbocycles. The van der Waals surface area contributed by atoms with Crippen LogP contribution in [0.4, 0.5) is 0 Å². The summed E-state index contributed by atoms with van der Waals surface area (Å²) in [5.41, 5.74) is 2.73. The molecule has 0 saturated carbocycles. The Hall–Kier alpha value is -4.52. The average molecular weight is 500 g/mol. The number of nitrogens with zero attached hydrogens (tertiary/aromatic N) is 1. The number of carboxylic acid groups (broad SMARTS) is 2. The lowest BCUT2D eigenvalue weighted by atomic mass is 10.1. The van der Waals surface area contributed by atoms with Gasteiger partial charge in [0.2, 0.25) is 0 Å². The van der Waals surface area contributed by atoms with Crippen LogP contribution in [0.15, 0.2) is 79.0 Å². The molecule has 3 aromatic carbocycles. The van der Waals surface area contributed by atoms with Gasteiger partial charge in [-0.2, -0.15) is 0 Å². The van der Waals surface area contributed by atoms with Crippen LogP contribution in [0.1, 0.15) is 40.7 Å². The second kappa shape index (κ2) is 12.4. The molecular weight excluding hydrogens is 470 g/mol. The van der Waals surface area contributed by atoms with Gasteiger partial charge in [-0.25, -0.2) is 4.79 Å². The van der Waals surface area contributed by atoms with E-state index in [1.165, 1.54) is 0 Å². The fraction of sp³-hybridized carbons (Fsp3) is 0.200. The van der Waals surface area contributed by atoms with Crippen molar-refractivity contribution < 1.29 is 29.3 Å². The fourth-order valence-electron chi connectivity index (χ4n) is 3.95. The fourth-order valence-corrected chi connectivity index (χ4v) is 3.95. The Kier molecular flexibility index (Phi) is 8.60. The van der Waals surface area contributed by atoms with Gasteiger partial charge in [-0.3, -0.25) is 4.79 Å². The molecule has 0 bridgehead atoms. The van der Waals surface area contributed by atoms with E-state index < -0.39 is 11.9 Å². The van der Waals surface area contributed by atoms with Gasteiger partial charge in [0, 0.05) is 23.6 Å². The zero-order valence-electron chi connectivity index (χ0n) is 20.4. The Balaban J connectivity index is 1.34. The molecule has 0 aliphatic heterocycles. The van der Waals surface area contributed by atoms with E-state index in [0.717, 1.165) is 40.9 Å². The van der Waals surface area contributed by atoms with Crippen molar-refractivity contribution >= 4 is 35.0 Å². The number of rotatable bonds is 13. The molecule has 4 aromatic rings. The second-order valence-electron chi connectivity index (χ2n) is 8.58. The van der Waals surface area contributed by atoms with Crippen molar-refractivity contribution in [2.24, 2.45) is 0 Å². The number of carboxylic acids is 2. The molecule has 7 heteroatoms. The van der Waals surface area contributed by atoms with Crippen molar-refractivity contribution in [2.75, 3.05) is 13.2 Å². The van der Waals surface area contributed by atoms with Gasteiger partial charge in [0.05, 0.1) is 25.2 Å². The molecule has 7 nitrogen and oxygen atoms in total. The largest absolute Gasteiger partial charge is 0.494 e. The topological polar surface area (TPSA) is 98.0 Å². The SMILES string of the molecule is O=C(O)CCn1cc(/C=C\c2ccc(OCCCCOc3ccccc3)cc2)c2ccc(C(=O)O)cc21. The van der Waals surface area contributed by atoms with Crippen LogP contribution in [0.2, 0.25) is 0 Å². The first-order valence-corrected chi connectivity index (χ1v) is 12.2. The van der Waals surface area contributed by atoms with Crippen molar-refractivity contribution in [3.8, 4) is 11.5 Å². The highest BCUT2D eigenvalue weighted by molar-refractivity contribution is 5.97. The van der Waals surface area contributed by atoms with E-state index >= 15 is 0 Å². The lowest BCUT2D eigenvalue weighted by Gasteiger charge is -2.08. The summed E-state index contributed by atoms with van der Waals surface area (Å²) < 4.78 is 13.3. The van der Waals surface area contributed by atoms with Crippen molar-refractivity contribution in [2.45, 2.75) is 25.8 Å². The standard InChI is InChI=1S/C30H29NO6/c32-29(33)16-17-31-21-24(27-15-12-23(30(34)35)20-28(27)31)11-8-22-9-13-26(14-10-22)37-19-5-4-18-36-25-6-2-1-3-7-25/h1-3,6-15,20-21H,4-5,16-19H2,(H,32,33)(H,34,35)/b11-8-. The minimum Gasteiger partial charge on any atom is -0.494 e. The normalized spacial score (nSPS) is 11.1. The first-order chi connectivity index (χ1) is 18.0. The first-order valence-electron chi connectivity index (χ1n) is 12.2. The number of aromatic carboxylic acids is 1. The molecule has 0 fully saturated rings. The van der Waals surface area contributed by atoms with E-state index in [0.29, 0.717) is 18.7 Å².